The number of thioether (sulfide) groups is 1. The molecule has 0 atom stereocenters. The van der Waals surface area contributed by atoms with Crippen LogP contribution in [0.2, 0.25) is 0 Å². The second-order valence-electron chi connectivity index (χ2n) is 9.19. The second kappa shape index (κ2) is 12.1. The number of amides is 2. The van der Waals surface area contributed by atoms with Crippen molar-refractivity contribution in [2.45, 2.75) is 13.3 Å². The zero-order valence-corrected chi connectivity index (χ0v) is 23.9. The molecule has 0 spiro atoms. The van der Waals surface area contributed by atoms with E-state index in [4.69, 9.17) is 26.7 Å². The summed E-state index contributed by atoms with van der Waals surface area (Å²) in [6.45, 7) is 4.31. The van der Waals surface area contributed by atoms with Gasteiger partial charge in [-0.05, 0) is 49.2 Å². The van der Waals surface area contributed by atoms with Gasteiger partial charge in [0.05, 0.1) is 24.2 Å². The number of aromatic nitrogens is 2. The average molecular weight is 580 g/mol. The number of carbonyl (C=O) groups is 2. The molecule has 0 unspecified atom stereocenters. The monoisotopic (exact) mass is 579 g/mol. The summed E-state index contributed by atoms with van der Waals surface area (Å²) >= 11 is 6.72. The number of hydrogen-bond donors (Lipinski definition) is 0. The number of rotatable bonds is 7. The van der Waals surface area contributed by atoms with Gasteiger partial charge in [0.2, 0.25) is 0 Å². The van der Waals surface area contributed by atoms with Crippen molar-refractivity contribution in [1.29, 1.82) is 0 Å². The van der Waals surface area contributed by atoms with Crippen LogP contribution in [0, 0.1) is 0 Å². The molecule has 0 N–H and O–H groups in total. The molecule has 12 heteroatoms. The molecule has 2 fully saturated rings. The topological polar surface area (TPSA) is 96.7 Å². The van der Waals surface area contributed by atoms with Crippen molar-refractivity contribution in [2.75, 3.05) is 51.3 Å². The lowest BCUT2D eigenvalue weighted by molar-refractivity contribution is -0.122. The number of nitrogens with zero attached hydrogens (tertiary/aromatic N) is 5. The zero-order valence-electron chi connectivity index (χ0n) is 22.2. The molecule has 40 heavy (non-hydrogen) atoms. The molecule has 2 saturated heterocycles. The zero-order chi connectivity index (χ0) is 28.2. The highest BCUT2D eigenvalue weighted by molar-refractivity contribution is 8.26. The molecule has 2 aromatic heterocycles. The molecule has 0 saturated carbocycles. The summed E-state index contributed by atoms with van der Waals surface area (Å²) in [5.74, 6) is 1.01. The van der Waals surface area contributed by atoms with Gasteiger partial charge in [-0.3, -0.25) is 18.9 Å². The second-order valence-corrected chi connectivity index (χ2v) is 10.9. The van der Waals surface area contributed by atoms with E-state index in [2.05, 4.69) is 0 Å². The Labute approximate surface area is 241 Å². The summed E-state index contributed by atoms with van der Waals surface area (Å²) in [5, 5.41) is 0. The molecule has 2 aliphatic heterocycles. The van der Waals surface area contributed by atoms with Gasteiger partial charge in [-0.25, -0.2) is 9.78 Å². The number of anilines is 1. The molecule has 0 bridgehead atoms. The van der Waals surface area contributed by atoms with Gasteiger partial charge >= 0.3 is 6.09 Å². The predicted molar refractivity (Wildman–Crippen MR) is 159 cm³/mol. The normalized spacial score (nSPS) is 16.8. The van der Waals surface area contributed by atoms with Gasteiger partial charge in [0.15, 0.2) is 0 Å². The first-order valence-corrected chi connectivity index (χ1v) is 14.2. The Morgan fingerprint density at radius 2 is 1.85 bits per heavy atom. The summed E-state index contributed by atoms with van der Waals surface area (Å²) in [6.07, 6.45) is 3.53. The van der Waals surface area contributed by atoms with Crippen molar-refractivity contribution in [3.8, 4) is 5.75 Å². The van der Waals surface area contributed by atoms with Crippen LogP contribution >= 0.6 is 24.0 Å². The van der Waals surface area contributed by atoms with Crippen LogP contribution in [-0.4, -0.2) is 81.9 Å². The van der Waals surface area contributed by atoms with E-state index in [0.29, 0.717) is 72.0 Å². The maximum atomic E-state index is 13.7. The van der Waals surface area contributed by atoms with E-state index in [1.54, 1.807) is 48.2 Å². The molecular formula is C28H29N5O5S2. The van der Waals surface area contributed by atoms with Crippen LogP contribution in [0.4, 0.5) is 10.6 Å². The molecule has 2 aliphatic rings. The van der Waals surface area contributed by atoms with Crippen molar-refractivity contribution in [3.05, 3.63) is 75.0 Å². The van der Waals surface area contributed by atoms with Gasteiger partial charge in [0.25, 0.3) is 11.5 Å². The molecule has 10 nitrogen and oxygen atoms in total. The Morgan fingerprint density at radius 1 is 1.10 bits per heavy atom. The first-order valence-electron chi connectivity index (χ1n) is 13.0. The van der Waals surface area contributed by atoms with E-state index in [0.717, 1.165) is 11.3 Å². The molecule has 208 valence electrons. The number of fused-ring (bicyclic) bond motifs is 1. The lowest BCUT2D eigenvalue weighted by Gasteiger charge is -2.35. The number of methoxy groups -OCH3 is 1. The smallest absolute Gasteiger partial charge is 0.409 e. The first kappa shape index (κ1) is 27.7. The van der Waals surface area contributed by atoms with Crippen LogP contribution in [0.3, 0.4) is 0 Å². The van der Waals surface area contributed by atoms with Gasteiger partial charge in [-0.1, -0.05) is 42.2 Å². The Balaban J connectivity index is 1.41. The van der Waals surface area contributed by atoms with E-state index >= 15 is 0 Å². The van der Waals surface area contributed by atoms with E-state index in [9.17, 15) is 14.4 Å². The van der Waals surface area contributed by atoms with Crippen LogP contribution in [0.25, 0.3) is 11.7 Å². The maximum absolute atomic E-state index is 13.7. The van der Waals surface area contributed by atoms with E-state index in [1.165, 1.54) is 16.2 Å². The summed E-state index contributed by atoms with van der Waals surface area (Å²) in [5.41, 5.74) is 1.58. The number of benzene rings is 1. The van der Waals surface area contributed by atoms with Crippen molar-refractivity contribution in [3.63, 3.8) is 0 Å². The van der Waals surface area contributed by atoms with Crippen molar-refractivity contribution in [1.82, 2.24) is 19.2 Å². The Bertz CT molecular complexity index is 1530. The van der Waals surface area contributed by atoms with E-state index in [1.807, 2.05) is 35.2 Å². The fourth-order valence-electron chi connectivity index (χ4n) is 4.63. The molecule has 3 aromatic rings. The van der Waals surface area contributed by atoms with Crippen molar-refractivity contribution >= 4 is 57.8 Å². The van der Waals surface area contributed by atoms with Crippen molar-refractivity contribution < 1.29 is 19.1 Å². The molecular weight excluding hydrogens is 550 g/mol. The summed E-state index contributed by atoms with van der Waals surface area (Å²) in [4.78, 5) is 49.6. The Kier molecular flexibility index (Phi) is 8.36. The molecule has 1 aromatic carbocycles. The minimum atomic E-state index is -0.354. The van der Waals surface area contributed by atoms with E-state index < -0.39 is 0 Å². The standard InChI is InChI=1S/C28H29N5O5S2/c1-3-38-27(36)31-16-14-30(15-17-31)24-21(25(34)32-12-5-4-6-23(32)29-24)18-22-26(35)33(28(39)40-22)13-11-19-7-9-20(37-2)10-8-19/h4-10,12,18H,3,11,13-17H2,1-2H3. The minimum Gasteiger partial charge on any atom is -0.497 e. The number of hydrogen-bond acceptors (Lipinski definition) is 9. The molecule has 0 radical (unpaired) electrons. The van der Waals surface area contributed by atoms with Crippen LogP contribution in [0.15, 0.2) is 58.4 Å². The van der Waals surface area contributed by atoms with Gasteiger partial charge in [0, 0.05) is 38.9 Å². The minimum absolute atomic E-state index is 0.237. The molecule has 0 aliphatic carbocycles. The number of thiocarbonyl (C=S) groups is 1. The first-order chi connectivity index (χ1) is 19.4. The SMILES string of the molecule is CCOC(=O)N1CCN(c2nc3ccccn3c(=O)c2C=C2SC(=S)N(CCc3ccc(OC)cc3)C2=O)CC1. The maximum Gasteiger partial charge on any atom is 0.409 e. The summed E-state index contributed by atoms with van der Waals surface area (Å²) < 4.78 is 12.3. The number of ether oxygens (including phenoxy) is 2. The third-order valence-electron chi connectivity index (χ3n) is 6.79. The van der Waals surface area contributed by atoms with Gasteiger partial charge in [-0.15, -0.1) is 0 Å². The predicted octanol–water partition coefficient (Wildman–Crippen LogP) is 3.43. The van der Waals surface area contributed by atoms with Gasteiger partial charge < -0.3 is 19.3 Å². The highest BCUT2D eigenvalue weighted by atomic mass is 32.2. The van der Waals surface area contributed by atoms with Gasteiger partial charge in [0.1, 0.15) is 21.5 Å². The number of pyridine rings is 1. The number of carbonyl (C=O) groups excluding carboxylic acids is 2. The Hall–Kier alpha value is -3.90. The van der Waals surface area contributed by atoms with Gasteiger partial charge in [-0.2, -0.15) is 0 Å². The lowest BCUT2D eigenvalue weighted by Crippen LogP contribution is -2.49. The van der Waals surface area contributed by atoms with Crippen LogP contribution < -0.4 is 15.2 Å². The van der Waals surface area contributed by atoms with E-state index in [-0.39, 0.29) is 17.6 Å². The highest BCUT2D eigenvalue weighted by Crippen LogP contribution is 2.34. The fraction of sp³-hybridized carbons (Fsp3) is 0.321. The molecule has 5 rings (SSSR count). The average Bonchev–Trinajstić information content (AvgIpc) is 3.25. The largest absolute Gasteiger partial charge is 0.497 e. The quantitative estimate of drug-likeness (QED) is 0.308. The van der Waals surface area contributed by atoms with Crippen LogP contribution in [-0.2, 0) is 16.0 Å². The highest BCUT2D eigenvalue weighted by Gasteiger charge is 2.33. The van der Waals surface area contributed by atoms with Crippen LogP contribution in [0.1, 0.15) is 18.1 Å². The third kappa shape index (κ3) is 5.68. The Morgan fingerprint density at radius 3 is 2.55 bits per heavy atom. The number of piperazine rings is 1. The third-order valence-corrected chi connectivity index (χ3v) is 8.16. The molecule has 4 heterocycles. The van der Waals surface area contributed by atoms with Crippen LogP contribution in [0.5, 0.6) is 5.75 Å². The fourth-order valence-corrected chi connectivity index (χ4v) is 5.92. The van der Waals surface area contributed by atoms with Crippen molar-refractivity contribution in [2.24, 2.45) is 0 Å². The molecule has 2 amide bonds. The lowest BCUT2D eigenvalue weighted by atomic mass is 10.1. The summed E-state index contributed by atoms with van der Waals surface area (Å²) in [6, 6.07) is 13.0. The summed E-state index contributed by atoms with van der Waals surface area (Å²) in [7, 11) is 1.62.